The van der Waals surface area contributed by atoms with Crippen LogP contribution < -0.4 is 0 Å². The second kappa shape index (κ2) is 3.71. The molecule has 1 rings (SSSR count). The molecule has 3 heteroatoms. The second-order valence-electron chi connectivity index (χ2n) is 2.08. The van der Waals surface area contributed by atoms with Gasteiger partial charge in [0, 0.05) is 0 Å². The lowest BCUT2D eigenvalue weighted by Gasteiger charge is -1.99. The topological polar surface area (TPSA) is 32.6 Å². The van der Waals surface area contributed by atoms with E-state index in [-0.39, 0.29) is 0 Å². The van der Waals surface area contributed by atoms with E-state index in [1.54, 1.807) is 30.3 Å². The van der Waals surface area contributed by atoms with Gasteiger partial charge in [0.25, 0.3) is 0 Å². The number of nitrogens with zero attached hydrogens (tertiary/aromatic N) is 1. The van der Waals surface area contributed by atoms with Gasteiger partial charge in [0.1, 0.15) is 0 Å². The van der Waals surface area contributed by atoms with E-state index in [9.17, 15) is 4.39 Å². The third-order valence-electron chi connectivity index (χ3n) is 1.32. The molecule has 0 aliphatic rings. The van der Waals surface area contributed by atoms with Crippen LogP contribution in [0.3, 0.4) is 0 Å². The predicted octanol–water partition coefficient (Wildman–Crippen LogP) is 2.16. The molecule has 0 spiro atoms. The Hall–Kier alpha value is -1.38. The molecular formula is C8H8FNO. The lowest BCUT2D eigenvalue weighted by Crippen LogP contribution is -1.91. The number of hydrogen-bond donors (Lipinski definition) is 1. The van der Waals surface area contributed by atoms with Gasteiger partial charge < -0.3 is 5.21 Å². The molecule has 1 unspecified atom stereocenters. The SMILES string of the molecule is ON=CC(F)c1ccccc1. The fraction of sp³-hybridized carbons (Fsp3) is 0.125. The first-order valence-electron chi connectivity index (χ1n) is 3.21. The number of benzene rings is 1. The molecule has 0 aliphatic heterocycles. The fourth-order valence-electron chi connectivity index (χ4n) is 0.781. The predicted molar refractivity (Wildman–Crippen MR) is 40.6 cm³/mol. The number of halogens is 1. The van der Waals surface area contributed by atoms with Crippen molar-refractivity contribution in [3.8, 4) is 0 Å². The third-order valence-corrected chi connectivity index (χ3v) is 1.32. The first-order chi connectivity index (χ1) is 5.34. The second-order valence-corrected chi connectivity index (χ2v) is 2.08. The number of oxime groups is 1. The van der Waals surface area contributed by atoms with Crippen molar-refractivity contribution in [2.45, 2.75) is 6.17 Å². The molecule has 0 aliphatic carbocycles. The minimum absolute atomic E-state index is 0.491. The molecule has 1 N–H and O–H groups in total. The van der Waals surface area contributed by atoms with Crippen LogP contribution in [0, 0.1) is 0 Å². The van der Waals surface area contributed by atoms with Gasteiger partial charge in [-0.05, 0) is 5.56 Å². The smallest absolute Gasteiger partial charge is 0.163 e. The highest BCUT2D eigenvalue weighted by atomic mass is 19.1. The minimum Gasteiger partial charge on any atom is -0.411 e. The average molecular weight is 153 g/mol. The average Bonchev–Trinajstić information content (AvgIpc) is 2.07. The van der Waals surface area contributed by atoms with Crippen molar-refractivity contribution in [2.24, 2.45) is 5.16 Å². The van der Waals surface area contributed by atoms with Crippen LogP contribution in [0.5, 0.6) is 0 Å². The summed E-state index contributed by atoms with van der Waals surface area (Å²) < 4.78 is 12.8. The molecule has 0 bridgehead atoms. The zero-order valence-corrected chi connectivity index (χ0v) is 5.81. The van der Waals surface area contributed by atoms with Gasteiger partial charge in [-0.3, -0.25) is 0 Å². The summed E-state index contributed by atoms with van der Waals surface area (Å²) in [7, 11) is 0. The van der Waals surface area contributed by atoms with Crippen LogP contribution in [0.15, 0.2) is 35.5 Å². The quantitative estimate of drug-likeness (QED) is 0.394. The molecule has 2 nitrogen and oxygen atoms in total. The number of rotatable bonds is 2. The molecule has 1 aromatic rings. The minimum atomic E-state index is -1.32. The van der Waals surface area contributed by atoms with Crippen LogP contribution >= 0.6 is 0 Å². The summed E-state index contributed by atoms with van der Waals surface area (Å²) in [4.78, 5) is 0. The van der Waals surface area contributed by atoms with E-state index in [2.05, 4.69) is 5.16 Å². The molecule has 1 aromatic carbocycles. The van der Waals surface area contributed by atoms with Gasteiger partial charge in [0.05, 0.1) is 6.21 Å². The zero-order valence-electron chi connectivity index (χ0n) is 5.81. The highest BCUT2D eigenvalue weighted by molar-refractivity contribution is 5.64. The van der Waals surface area contributed by atoms with Crippen molar-refractivity contribution in [1.29, 1.82) is 0 Å². The Morgan fingerprint density at radius 1 is 1.36 bits per heavy atom. The Bertz CT molecular complexity index is 235. The maximum Gasteiger partial charge on any atom is 0.163 e. The molecule has 1 atom stereocenters. The van der Waals surface area contributed by atoms with Crippen molar-refractivity contribution >= 4 is 6.21 Å². The molecule has 0 saturated carbocycles. The zero-order chi connectivity index (χ0) is 8.10. The monoisotopic (exact) mass is 153 g/mol. The Morgan fingerprint density at radius 2 is 2.00 bits per heavy atom. The van der Waals surface area contributed by atoms with Crippen molar-refractivity contribution in [3.05, 3.63) is 35.9 Å². The van der Waals surface area contributed by atoms with Crippen molar-refractivity contribution in [2.75, 3.05) is 0 Å². The fourth-order valence-corrected chi connectivity index (χ4v) is 0.781. The maximum atomic E-state index is 12.8. The normalized spacial score (nSPS) is 13.5. The van der Waals surface area contributed by atoms with Crippen LogP contribution in [0.25, 0.3) is 0 Å². The summed E-state index contributed by atoms with van der Waals surface area (Å²) >= 11 is 0. The van der Waals surface area contributed by atoms with Gasteiger partial charge in [-0.1, -0.05) is 35.5 Å². The van der Waals surface area contributed by atoms with Crippen LogP contribution in [0.4, 0.5) is 4.39 Å². The lowest BCUT2D eigenvalue weighted by molar-refractivity contribution is 0.313. The summed E-state index contributed by atoms with van der Waals surface area (Å²) in [6.45, 7) is 0. The molecule has 0 fully saturated rings. The standard InChI is InChI=1S/C8H8FNO/c9-8(6-10-11)7-4-2-1-3-5-7/h1-6,8,11H. The highest BCUT2D eigenvalue weighted by Gasteiger charge is 2.03. The first kappa shape index (κ1) is 7.72. The van der Waals surface area contributed by atoms with Gasteiger partial charge in [-0.15, -0.1) is 0 Å². The summed E-state index contributed by atoms with van der Waals surface area (Å²) in [5.41, 5.74) is 0.491. The molecule has 58 valence electrons. The van der Waals surface area contributed by atoms with E-state index in [4.69, 9.17) is 5.21 Å². The van der Waals surface area contributed by atoms with Crippen LogP contribution in [-0.2, 0) is 0 Å². The number of hydrogen-bond acceptors (Lipinski definition) is 2. The summed E-state index contributed by atoms with van der Waals surface area (Å²) in [5.74, 6) is 0. The van der Waals surface area contributed by atoms with E-state index in [0.717, 1.165) is 6.21 Å². The van der Waals surface area contributed by atoms with Crippen LogP contribution in [0.1, 0.15) is 11.7 Å². The van der Waals surface area contributed by atoms with Crippen LogP contribution in [0.2, 0.25) is 0 Å². The van der Waals surface area contributed by atoms with E-state index >= 15 is 0 Å². The van der Waals surface area contributed by atoms with Gasteiger partial charge in [0.15, 0.2) is 6.17 Å². The molecule has 0 saturated heterocycles. The molecular weight excluding hydrogens is 145 g/mol. The van der Waals surface area contributed by atoms with Gasteiger partial charge >= 0.3 is 0 Å². The van der Waals surface area contributed by atoms with Gasteiger partial charge in [0.2, 0.25) is 0 Å². The summed E-state index contributed by atoms with van der Waals surface area (Å²) in [6.07, 6.45) is -0.476. The van der Waals surface area contributed by atoms with E-state index in [1.165, 1.54) is 0 Å². The van der Waals surface area contributed by atoms with E-state index < -0.39 is 6.17 Å². The third kappa shape index (κ3) is 2.04. The number of alkyl halides is 1. The first-order valence-corrected chi connectivity index (χ1v) is 3.21. The molecule has 0 amide bonds. The molecule has 0 radical (unpaired) electrons. The Morgan fingerprint density at radius 3 is 2.55 bits per heavy atom. The Balaban J connectivity index is 2.76. The van der Waals surface area contributed by atoms with E-state index in [1.807, 2.05) is 0 Å². The largest absolute Gasteiger partial charge is 0.411 e. The molecule has 0 aromatic heterocycles. The van der Waals surface area contributed by atoms with E-state index in [0.29, 0.717) is 5.56 Å². The highest BCUT2D eigenvalue weighted by Crippen LogP contribution is 2.13. The Labute approximate surface area is 64.0 Å². The van der Waals surface area contributed by atoms with Crippen molar-refractivity contribution in [1.82, 2.24) is 0 Å². The summed E-state index contributed by atoms with van der Waals surface area (Å²) in [6, 6.07) is 8.52. The Kier molecular flexibility index (Phi) is 2.60. The molecule has 11 heavy (non-hydrogen) atoms. The maximum absolute atomic E-state index is 12.8. The lowest BCUT2D eigenvalue weighted by atomic mass is 10.1. The van der Waals surface area contributed by atoms with Gasteiger partial charge in [-0.25, -0.2) is 4.39 Å². The molecule has 0 heterocycles. The summed E-state index contributed by atoms with van der Waals surface area (Å²) in [5, 5.41) is 10.6. The van der Waals surface area contributed by atoms with Crippen molar-refractivity contribution in [3.63, 3.8) is 0 Å². The van der Waals surface area contributed by atoms with Crippen LogP contribution in [-0.4, -0.2) is 11.4 Å². The van der Waals surface area contributed by atoms with Gasteiger partial charge in [-0.2, -0.15) is 0 Å². The van der Waals surface area contributed by atoms with Crippen molar-refractivity contribution < 1.29 is 9.60 Å².